The number of nitrogens with two attached hydrogens (primary N) is 1. The van der Waals surface area contributed by atoms with E-state index in [0.717, 1.165) is 5.56 Å². The van der Waals surface area contributed by atoms with Crippen LogP contribution in [0, 0.1) is 6.92 Å². The third-order valence-electron chi connectivity index (χ3n) is 2.20. The van der Waals surface area contributed by atoms with E-state index in [2.05, 4.69) is 5.43 Å². The molecule has 1 aliphatic heterocycles. The van der Waals surface area contributed by atoms with Gasteiger partial charge < -0.3 is 4.55 Å². The zero-order valence-electron chi connectivity index (χ0n) is 9.51. The minimum Gasteiger partial charge on any atom is -0.744 e. The second kappa shape index (κ2) is 5.26. The second-order valence-corrected chi connectivity index (χ2v) is 5.11. The average molecular weight is 258 g/mol. The molecule has 0 aliphatic carbocycles. The molecule has 2 rings (SSSR count). The first-order valence-electron chi connectivity index (χ1n) is 4.97. The van der Waals surface area contributed by atoms with E-state index in [0.29, 0.717) is 0 Å². The average Bonchev–Trinajstić information content (AvgIpc) is 2.27. The van der Waals surface area contributed by atoms with Crippen LogP contribution in [0.5, 0.6) is 0 Å². The van der Waals surface area contributed by atoms with Crippen LogP contribution in [0.25, 0.3) is 0 Å². The molecule has 94 valence electrons. The Morgan fingerprint density at radius 2 is 1.76 bits per heavy atom. The number of benzene rings is 1. The quantitative estimate of drug-likeness (QED) is 0.378. The van der Waals surface area contributed by atoms with Gasteiger partial charge in [0.2, 0.25) is 0 Å². The predicted octanol–water partition coefficient (Wildman–Crippen LogP) is -1.12. The molecular formula is C10H14N2O4S. The predicted molar refractivity (Wildman–Crippen MR) is 58.7 cm³/mol. The molecule has 0 bridgehead atoms. The van der Waals surface area contributed by atoms with Gasteiger partial charge in [-0.15, -0.1) is 0 Å². The molecule has 1 heterocycles. The molecule has 0 saturated carbocycles. The van der Waals surface area contributed by atoms with Crippen LogP contribution in [0.1, 0.15) is 12.5 Å². The monoisotopic (exact) mass is 258 g/mol. The normalized spacial score (nSPS) is 18.5. The van der Waals surface area contributed by atoms with Gasteiger partial charge in [-0.1, -0.05) is 17.7 Å². The highest BCUT2D eigenvalue weighted by Crippen LogP contribution is 2.08. The van der Waals surface area contributed by atoms with Gasteiger partial charge >= 0.3 is 5.91 Å². The van der Waals surface area contributed by atoms with Crippen molar-refractivity contribution in [2.45, 2.75) is 24.8 Å². The van der Waals surface area contributed by atoms with Crippen molar-refractivity contribution in [3.63, 3.8) is 0 Å². The lowest BCUT2D eigenvalue weighted by molar-refractivity contribution is -0.753. The zero-order chi connectivity index (χ0) is 13.1. The van der Waals surface area contributed by atoms with Crippen molar-refractivity contribution in [3.05, 3.63) is 29.8 Å². The first-order chi connectivity index (χ1) is 7.80. The fourth-order valence-corrected chi connectivity index (χ4v) is 1.49. The fraction of sp³-hybridized carbons (Fsp3) is 0.300. The van der Waals surface area contributed by atoms with Crippen molar-refractivity contribution in [1.29, 1.82) is 0 Å². The summed E-state index contributed by atoms with van der Waals surface area (Å²) in [6, 6.07) is 5.94. The molecule has 0 radical (unpaired) electrons. The van der Waals surface area contributed by atoms with Crippen molar-refractivity contribution in [3.8, 4) is 0 Å². The zero-order valence-corrected chi connectivity index (χ0v) is 10.3. The molecule has 1 fully saturated rings. The molecule has 1 amide bonds. The molecule has 1 aromatic rings. The molecule has 17 heavy (non-hydrogen) atoms. The highest BCUT2D eigenvalue weighted by atomic mass is 32.2. The Labute approximate surface area is 99.8 Å². The maximum Gasteiger partial charge on any atom is 0.324 e. The third kappa shape index (κ3) is 4.14. The topological polar surface area (TPSA) is 103 Å². The highest BCUT2D eigenvalue weighted by Gasteiger charge is 2.26. The Kier molecular flexibility index (Phi) is 4.22. The number of hydrogen-bond acceptors (Lipinski definition) is 4. The van der Waals surface area contributed by atoms with E-state index >= 15 is 0 Å². The van der Waals surface area contributed by atoms with E-state index in [-0.39, 0.29) is 16.8 Å². The van der Waals surface area contributed by atoms with Gasteiger partial charge in [-0.25, -0.2) is 13.8 Å². The molecule has 7 heteroatoms. The molecule has 1 atom stereocenters. The largest absolute Gasteiger partial charge is 0.744 e. The number of carbonyl (C=O) groups is 1. The van der Waals surface area contributed by atoms with Crippen LogP contribution in [0.15, 0.2) is 29.2 Å². The Bertz CT molecular complexity index is 496. The Balaban J connectivity index is 0.000000202. The summed E-state index contributed by atoms with van der Waals surface area (Å²) in [7, 11) is -4.27. The molecule has 0 spiro atoms. The van der Waals surface area contributed by atoms with Crippen LogP contribution in [0.2, 0.25) is 0 Å². The summed E-state index contributed by atoms with van der Waals surface area (Å²) in [5.41, 5.74) is 5.19. The summed E-state index contributed by atoms with van der Waals surface area (Å²) in [4.78, 5) is 9.91. The van der Waals surface area contributed by atoms with E-state index in [1.54, 1.807) is 17.6 Å². The molecule has 1 saturated heterocycles. The lowest BCUT2D eigenvalue weighted by atomic mass is 10.2. The molecule has 1 aliphatic rings. The molecule has 0 aromatic heterocycles. The number of hydrogen-bond donors (Lipinski definition) is 2. The van der Waals surface area contributed by atoms with E-state index in [1.807, 2.05) is 13.8 Å². The molecular weight excluding hydrogens is 244 g/mol. The highest BCUT2D eigenvalue weighted by molar-refractivity contribution is 7.85. The van der Waals surface area contributed by atoms with Crippen molar-refractivity contribution < 1.29 is 23.2 Å². The van der Waals surface area contributed by atoms with Gasteiger partial charge in [-0.3, -0.25) is 4.79 Å². The van der Waals surface area contributed by atoms with Gasteiger partial charge in [0.25, 0.3) is 0 Å². The van der Waals surface area contributed by atoms with Crippen LogP contribution in [0.3, 0.4) is 0 Å². The Hall–Kier alpha value is -1.44. The van der Waals surface area contributed by atoms with E-state index in [9.17, 15) is 17.8 Å². The lowest BCUT2D eigenvalue weighted by Gasteiger charge is -2.17. The minimum atomic E-state index is -4.27. The lowest BCUT2D eigenvalue weighted by Crippen LogP contribution is -3.10. The second-order valence-electron chi connectivity index (χ2n) is 3.73. The summed E-state index contributed by atoms with van der Waals surface area (Å²) >= 11 is 0. The summed E-state index contributed by atoms with van der Waals surface area (Å²) in [6.45, 7) is 3.68. The van der Waals surface area contributed by atoms with Crippen LogP contribution in [-0.2, 0) is 14.9 Å². The van der Waals surface area contributed by atoms with Gasteiger partial charge in [-0.05, 0) is 26.0 Å². The number of rotatable bonds is 1. The van der Waals surface area contributed by atoms with E-state index in [4.69, 9.17) is 0 Å². The van der Waals surface area contributed by atoms with E-state index < -0.39 is 10.1 Å². The maximum atomic E-state index is 10.4. The summed E-state index contributed by atoms with van der Waals surface area (Å²) in [5, 5.41) is 0. The number of amides is 1. The van der Waals surface area contributed by atoms with Crippen LogP contribution in [-0.4, -0.2) is 24.9 Å². The SMILES string of the molecule is CC1[NH2+]NC1=O.Cc1ccc(S(=O)(=O)[O-])cc1. The first kappa shape index (κ1) is 13.6. The van der Waals surface area contributed by atoms with Crippen LogP contribution >= 0.6 is 0 Å². The van der Waals surface area contributed by atoms with E-state index in [1.165, 1.54) is 12.1 Å². The Morgan fingerprint density at radius 1 is 1.29 bits per heavy atom. The summed E-state index contributed by atoms with van der Waals surface area (Å²) in [5.74, 6) is 0.134. The first-order valence-corrected chi connectivity index (χ1v) is 6.38. The molecule has 6 nitrogen and oxygen atoms in total. The van der Waals surface area contributed by atoms with Crippen LogP contribution < -0.4 is 10.9 Å². The van der Waals surface area contributed by atoms with Crippen molar-refractivity contribution in [2.24, 2.45) is 0 Å². The van der Waals surface area contributed by atoms with Gasteiger partial charge in [0.15, 0.2) is 6.04 Å². The van der Waals surface area contributed by atoms with Gasteiger partial charge in [-0.2, -0.15) is 5.43 Å². The molecule has 1 unspecified atom stereocenters. The van der Waals surface area contributed by atoms with Crippen molar-refractivity contribution >= 4 is 16.0 Å². The number of quaternary nitrogens is 1. The number of carbonyl (C=O) groups excluding carboxylic acids is 1. The minimum absolute atomic E-state index is 0.134. The molecule has 3 N–H and O–H groups in total. The van der Waals surface area contributed by atoms with Crippen molar-refractivity contribution in [2.75, 3.05) is 0 Å². The Morgan fingerprint density at radius 3 is 2.00 bits per heavy atom. The third-order valence-corrected chi connectivity index (χ3v) is 3.05. The number of nitrogens with one attached hydrogen (secondary N) is 1. The standard InChI is InChI=1S/C7H8O3S.C3H6N2O/c1-6-2-4-7(5-3-6)11(8,9)10;1-2-3(6)5-4-2/h2-5H,1H3,(H,8,9,10);2,4H,1H3,(H,5,6). The van der Waals surface area contributed by atoms with Gasteiger partial charge in [0, 0.05) is 0 Å². The summed E-state index contributed by atoms with van der Waals surface area (Å²) < 4.78 is 31.2. The van der Waals surface area contributed by atoms with Gasteiger partial charge in [0.1, 0.15) is 10.1 Å². The van der Waals surface area contributed by atoms with Crippen molar-refractivity contribution in [1.82, 2.24) is 5.43 Å². The van der Waals surface area contributed by atoms with Gasteiger partial charge in [0.05, 0.1) is 4.90 Å². The van der Waals surface area contributed by atoms with Crippen LogP contribution in [0.4, 0.5) is 0 Å². The maximum absolute atomic E-state index is 10.4. The summed E-state index contributed by atoms with van der Waals surface area (Å²) in [6.07, 6.45) is 0. The molecule has 1 aromatic carbocycles. The number of aryl methyl sites for hydroxylation is 1. The fourth-order valence-electron chi connectivity index (χ4n) is 1.02. The smallest absolute Gasteiger partial charge is 0.324 e.